The van der Waals surface area contributed by atoms with Gasteiger partial charge in [-0.2, -0.15) is 0 Å². The Morgan fingerprint density at radius 2 is 0.877 bits per heavy atom. The summed E-state index contributed by atoms with van der Waals surface area (Å²) in [5, 5.41) is 59.3. The zero-order chi connectivity index (χ0) is 40.9. The van der Waals surface area contributed by atoms with E-state index in [-0.39, 0.29) is 116 Å². The van der Waals surface area contributed by atoms with E-state index >= 15 is 0 Å². The molecule has 0 saturated heterocycles. The standard InChI is InChI=1S/2C18H15N3O6S.Ba/c2*1-2-11-14(6-4-7-15(11)21(23)24)19-20-18-13-5-3-8-17(28(25,26)27)12(13)9-10-16(18)22;/h2*3-10,22H,2H2,1H3,(H,25,26,27);/q;;+2/p-2. The van der Waals surface area contributed by atoms with Gasteiger partial charge in [0.05, 0.1) is 42.1 Å². The van der Waals surface area contributed by atoms with E-state index in [0.717, 1.165) is 0 Å². The summed E-state index contributed by atoms with van der Waals surface area (Å²) in [6, 6.07) is 21.8. The van der Waals surface area contributed by atoms with Gasteiger partial charge in [-0.1, -0.05) is 50.2 Å². The molecule has 288 valence electrons. The predicted molar refractivity (Wildman–Crippen MR) is 206 cm³/mol. The molecule has 0 aliphatic heterocycles. The third-order valence-corrected chi connectivity index (χ3v) is 10.1. The number of nitro groups is 2. The number of nitrogens with zero attached hydrogens (tertiary/aromatic N) is 6. The normalized spacial score (nSPS) is 11.7. The maximum absolute atomic E-state index is 11.5. The summed E-state index contributed by atoms with van der Waals surface area (Å²) in [5.74, 6) is -0.555. The quantitative estimate of drug-likeness (QED) is 0.0431. The first-order valence-corrected chi connectivity index (χ1v) is 19.1. The zero-order valence-corrected chi connectivity index (χ0v) is 35.9. The van der Waals surface area contributed by atoms with Crippen molar-refractivity contribution in [2.45, 2.75) is 36.5 Å². The first kappa shape index (κ1) is 44.5. The van der Waals surface area contributed by atoms with Crippen LogP contribution in [0.2, 0.25) is 0 Å². The number of aromatic hydroxyl groups is 2. The average Bonchev–Trinajstić information content (AvgIpc) is 3.15. The summed E-state index contributed by atoms with van der Waals surface area (Å²) in [6.07, 6.45) is 0.678. The number of fused-ring (bicyclic) bond motifs is 2. The molecule has 0 amide bonds. The number of hydrogen-bond donors (Lipinski definition) is 2. The van der Waals surface area contributed by atoms with Gasteiger partial charge in [-0.15, -0.1) is 20.5 Å². The van der Waals surface area contributed by atoms with Gasteiger partial charge in [0.1, 0.15) is 43.1 Å². The SMILES string of the molecule is CCc1c(N=Nc2c(O)ccc3c(S(=O)(=O)[O-])cccc23)cccc1[N+](=O)[O-].CCc1c(N=Nc2c(O)ccc3c(S(=O)(=O)[O-])cccc23)cccc1[N+](=O)[O-].[Ba+2]. The molecule has 0 aromatic heterocycles. The van der Waals surface area contributed by atoms with Crippen LogP contribution in [0.5, 0.6) is 11.5 Å². The summed E-state index contributed by atoms with van der Waals surface area (Å²) < 4.78 is 68.8. The van der Waals surface area contributed by atoms with Crippen molar-refractivity contribution in [2.75, 3.05) is 0 Å². The fourth-order valence-corrected chi connectivity index (χ4v) is 7.22. The zero-order valence-electron chi connectivity index (χ0n) is 29.8. The van der Waals surface area contributed by atoms with Crippen LogP contribution >= 0.6 is 0 Å². The fourth-order valence-electron chi connectivity index (χ4n) is 5.84. The van der Waals surface area contributed by atoms with Crippen LogP contribution in [-0.4, -0.2) is 94.9 Å². The molecule has 0 saturated carbocycles. The third-order valence-electron chi connectivity index (χ3n) is 8.35. The Hall–Kier alpha value is -5.17. The largest absolute Gasteiger partial charge is 2.00 e. The van der Waals surface area contributed by atoms with Crippen LogP contribution in [0.25, 0.3) is 21.5 Å². The molecule has 0 aliphatic carbocycles. The van der Waals surface area contributed by atoms with E-state index in [4.69, 9.17) is 0 Å². The number of phenolic OH excluding ortho intramolecular Hbond substituents is 2. The molecule has 0 radical (unpaired) electrons. The van der Waals surface area contributed by atoms with Crippen LogP contribution in [0.3, 0.4) is 0 Å². The maximum atomic E-state index is 11.5. The molecule has 57 heavy (non-hydrogen) atoms. The Bertz CT molecular complexity index is 2640. The van der Waals surface area contributed by atoms with Gasteiger partial charge in [0.2, 0.25) is 0 Å². The van der Waals surface area contributed by atoms with Gasteiger partial charge >= 0.3 is 48.9 Å². The summed E-state index contributed by atoms with van der Waals surface area (Å²) in [4.78, 5) is 20.4. The maximum Gasteiger partial charge on any atom is 2.00 e. The van der Waals surface area contributed by atoms with E-state index in [1.165, 1.54) is 84.9 Å². The summed E-state index contributed by atoms with van der Waals surface area (Å²) in [6.45, 7) is 3.48. The van der Waals surface area contributed by atoms with E-state index in [2.05, 4.69) is 20.5 Å². The minimum absolute atomic E-state index is 0. The second-order valence-electron chi connectivity index (χ2n) is 11.6. The van der Waals surface area contributed by atoms with Gasteiger partial charge in [-0.05, 0) is 61.4 Å². The smallest absolute Gasteiger partial charge is 0.744 e. The molecule has 0 unspecified atom stereocenters. The third kappa shape index (κ3) is 9.87. The Morgan fingerprint density at radius 3 is 1.19 bits per heavy atom. The van der Waals surface area contributed by atoms with Crippen molar-refractivity contribution in [1.82, 2.24) is 0 Å². The average molecular weight is 938 g/mol. The molecule has 0 heterocycles. The van der Waals surface area contributed by atoms with Crippen molar-refractivity contribution in [2.24, 2.45) is 20.5 Å². The molecule has 0 spiro atoms. The van der Waals surface area contributed by atoms with Crippen LogP contribution in [-0.2, 0) is 33.1 Å². The van der Waals surface area contributed by atoms with Gasteiger partial charge in [0, 0.05) is 33.7 Å². The number of hydrogen-bond acceptors (Lipinski definition) is 16. The van der Waals surface area contributed by atoms with Crippen molar-refractivity contribution >= 4 is 125 Å². The molecule has 21 heteroatoms. The summed E-state index contributed by atoms with van der Waals surface area (Å²) >= 11 is 0. The van der Waals surface area contributed by atoms with Crippen molar-refractivity contribution in [3.05, 3.63) is 128 Å². The Labute approximate surface area is 364 Å². The second kappa shape index (κ2) is 18.4. The number of azo groups is 2. The molecule has 0 fully saturated rings. The van der Waals surface area contributed by atoms with Gasteiger partial charge in [-0.25, -0.2) is 16.8 Å². The van der Waals surface area contributed by atoms with E-state index in [1.54, 1.807) is 26.0 Å². The number of benzene rings is 6. The monoisotopic (exact) mass is 938 g/mol. The van der Waals surface area contributed by atoms with Gasteiger partial charge in [-0.3, -0.25) is 20.2 Å². The Kier molecular flexibility index (Phi) is 14.4. The van der Waals surface area contributed by atoms with E-state index in [0.29, 0.717) is 24.0 Å². The van der Waals surface area contributed by atoms with Crippen LogP contribution in [0.4, 0.5) is 34.1 Å². The topological polar surface area (TPSA) is 291 Å². The van der Waals surface area contributed by atoms with Crippen LogP contribution in [0.1, 0.15) is 25.0 Å². The molecule has 0 bridgehead atoms. The predicted octanol–water partition coefficient (Wildman–Crippen LogP) is 8.29. The molecule has 6 rings (SSSR count). The molecule has 2 N–H and O–H groups in total. The van der Waals surface area contributed by atoms with Gasteiger partial charge in [0.25, 0.3) is 11.4 Å². The van der Waals surface area contributed by atoms with Crippen molar-refractivity contribution < 1.29 is 46.0 Å². The van der Waals surface area contributed by atoms with Crippen molar-refractivity contribution in [3.63, 3.8) is 0 Å². The van der Waals surface area contributed by atoms with Crippen LogP contribution in [0, 0.1) is 20.2 Å². The molecule has 18 nitrogen and oxygen atoms in total. The second-order valence-corrected chi connectivity index (χ2v) is 14.3. The number of phenols is 2. The minimum Gasteiger partial charge on any atom is -0.744 e. The Morgan fingerprint density at radius 1 is 0.526 bits per heavy atom. The van der Waals surface area contributed by atoms with E-state index in [1.807, 2.05) is 0 Å². The van der Waals surface area contributed by atoms with Crippen LogP contribution in [0.15, 0.2) is 127 Å². The van der Waals surface area contributed by atoms with Crippen LogP contribution < -0.4 is 0 Å². The number of rotatable bonds is 10. The van der Waals surface area contributed by atoms with E-state index in [9.17, 15) is 56.4 Å². The van der Waals surface area contributed by atoms with Crippen molar-refractivity contribution in [3.8, 4) is 11.5 Å². The van der Waals surface area contributed by atoms with Gasteiger partial charge < -0.3 is 19.3 Å². The first-order valence-electron chi connectivity index (χ1n) is 16.2. The molecule has 6 aromatic rings. The Balaban J connectivity index is 0.000000248. The number of nitro benzene ring substituents is 2. The fraction of sp³-hybridized carbons (Fsp3) is 0.111. The first-order chi connectivity index (χ1) is 26.5. The molecule has 0 atom stereocenters. The summed E-state index contributed by atoms with van der Waals surface area (Å²) in [5.41, 5.74) is 0.966. The molecule has 0 aliphatic rings. The molecular weight excluding hydrogens is 910 g/mol. The van der Waals surface area contributed by atoms with Crippen molar-refractivity contribution in [1.29, 1.82) is 0 Å². The van der Waals surface area contributed by atoms with Gasteiger partial charge in [0.15, 0.2) is 0 Å². The summed E-state index contributed by atoms with van der Waals surface area (Å²) in [7, 11) is -9.46. The molecular formula is C36H28BaN6O12S2. The molecule has 6 aromatic carbocycles. The minimum atomic E-state index is -4.73. The van der Waals surface area contributed by atoms with E-state index < -0.39 is 39.9 Å².